The fourth-order valence-corrected chi connectivity index (χ4v) is 3.46. The van der Waals surface area contributed by atoms with E-state index in [1.165, 1.54) is 0 Å². The second-order valence-corrected chi connectivity index (χ2v) is 6.70. The van der Waals surface area contributed by atoms with Crippen LogP contribution in [0.2, 0.25) is 0 Å². The summed E-state index contributed by atoms with van der Waals surface area (Å²) in [5, 5.41) is 0. The van der Waals surface area contributed by atoms with E-state index in [0.29, 0.717) is 19.5 Å². The number of benzene rings is 2. The number of H-pyrrole nitrogens is 2. The number of fused-ring (bicyclic) bond motifs is 1. The van der Waals surface area contributed by atoms with E-state index in [2.05, 4.69) is 14.9 Å². The Morgan fingerprint density at radius 1 is 1.00 bits per heavy atom. The van der Waals surface area contributed by atoms with Gasteiger partial charge in [-0.3, -0.25) is 4.79 Å². The third kappa shape index (κ3) is 3.67. The van der Waals surface area contributed by atoms with Gasteiger partial charge in [0.2, 0.25) is 5.91 Å². The van der Waals surface area contributed by atoms with Crippen LogP contribution in [0.4, 0.5) is 5.69 Å². The molecular formula is C20H22N4O3. The lowest BCUT2D eigenvalue weighted by Crippen LogP contribution is -2.49. The van der Waals surface area contributed by atoms with Crippen molar-refractivity contribution >= 4 is 22.6 Å². The van der Waals surface area contributed by atoms with Gasteiger partial charge in [0.05, 0.1) is 24.6 Å². The summed E-state index contributed by atoms with van der Waals surface area (Å²) < 4.78 is 5.15. The number of imidazole rings is 1. The number of rotatable bonds is 4. The predicted octanol–water partition coefficient (Wildman–Crippen LogP) is 1.76. The van der Waals surface area contributed by atoms with Gasteiger partial charge in [-0.15, -0.1) is 0 Å². The zero-order chi connectivity index (χ0) is 18.8. The molecule has 4 rings (SSSR count). The molecule has 2 aromatic carbocycles. The Kier molecular flexibility index (Phi) is 4.58. The van der Waals surface area contributed by atoms with Gasteiger partial charge in [-0.05, 0) is 35.9 Å². The number of nitrogens with zero attached hydrogens (tertiary/aromatic N) is 2. The number of anilines is 1. The molecule has 2 heterocycles. The van der Waals surface area contributed by atoms with Gasteiger partial charge in [-0.2, -0.15) is 0 Å². The molecule has 1 aromatic heterocycles. The van der Waals surface area contributed by atoms with E-state index in [1.807, 2.05) is 47.4 Å². The van der Waals surface area contributed by atoms with Gasteiger partial charge in [-0.1, -0.05) is 12.1 Å². The minimum Gasteiger partial charge on any atom is -0.497 e. The van der Waals surface area contributed by atoms with Crippen molar-refractivity contribution in [3.05, 3.63) is 58.5 Å². The molecule has 1 saturated heterocycles. The molecule has 3 aromatic rings. The zero-order valence-corrected chi connectivity index (χ0v) is 15.2. The molecule has 0 aliphatic carbocycles. The highest BCUT2D eigenvalue weighted by Gasteiger charge is 2.21. The number of piperazine rings is 1. The maximum Gasteiger partial charge on any atom is 0.323 e. The van der Waals surface area contributed by atoms with Gasteiger partial charge in [-0.25, -0.2) is 4.79 Å². The topological polar surface area (TPSA) is 81.4 Å². The van der Waals surface area contributed by atoms with Crippen LogP contribution < -0.4 is 15.3 Å². The first-order chi connectivity index (χ1) is 13.1. The summed E-state index contributed by atoms with van der Waals surface area (Å²) in [5.74, 6) is 0.936. The van der Waals surface area contributed by atoms with Crippen molar-refractivity contribution in [1.29, 1.82) is 0 Å². The first-order valence-electron chi connectivity index (χ1n) is 9.00. The lowest BCUT2D eigenvalue weighted by molar-refractivity contribution is -0.130. The quantitative estimate of drug-likeness (QED) is 0.737. The number of amides is 1. The van der Waals surface area contributed by atoms with Gasteiger partial charge in [0, 0.05) is 31.9 Å². The Morgan fingerprint density at radius 2 is 1.70 bits per heavy atom. The first kappa shape index (κ1) is 17.2. The molecular weight excluding hydrogens is 344 g/mol. The average Bonchev–Trinajstić information content (AvgIpc) is 3.08. The molecule has 1 aliphatic rings. The lowest BCUT2D eigenvalue weighted by Gasteiger charge is -2.36. The van der Waals surface area contributed by atoms with E-state index in [-0.39, 0.29) is 11.6 Å². The Hall–Kier alpha value is -3.22. The van der Waals surface area contributed by atoms with Crippen LogP contribution in [0.5, 0.6) is 5.75 Å². The van der Waals surface area contributed by atoms with Crippen molar-refractivity contribution < 1.29 is 9.53 Å². The largest absolute Gasteiger partial charge is 0.497 e. The Bertz CT molecular complexity index is 998. The van der Waals surface area contributed by atoms with Gasteiger partial charge < -0.3 is 24.5 Å². The van der Waals surface area contributed by atoms with E-state index in [4.69, 9.17) is 4.74 Å². The molecule has 0 bridgehead atoms. The summed E-state index contributed by atoms with van der Waals surface area (Å²) in [4.78, 5) is 33.7. The van der Waals surface area contributed by atoms with Crippen LogP contribution in [-0.2, 0) is 11.2 Å². The molecule has 0 radical (unpaired) electrons. The molecule has 1 fully saturated rings. The Labute approximate surface area is 156 Å². The summed E-state index contributed by atoms with van der Waals surface area (Å²) in [6, 6.07) is 13.5. The summed E-state index contributed by atoms with van der Waals surface area (Å²) in [6.45, 7) is 2.93. The van der Waals surface area contributed by atoms with Crippen molar-refractivity contribution in [3.63, 3.8) is 0 Å². The second kappa shape index (κ2) is 7.19. The molecule has 1 amide bonds. The Morgan fingerprint density at radius 3 is 2.41 bits per heavy atom. The number of nitrogens with one attached hydrogen (secondary N) is 2. The fraction of sp³-hybridized carbons (Fsp3) is 0.300. The number of hydrogen-bond acceptors (Lipinski definition) is 4. The third-order valence-electron chi connectivity index (χ3n) is 5.01. The molecule has 7 heteroatoms. The molecule has 0 spiro atoms. The van der Waals surface area contributed by atoms with Crippen LogP contribution in [0.25, 0.3) is 11.0 Å². The highest BCUT2D eigenvalue weighted by molar-refractivity contribution is 5.80. The predicted molar refractivity (Wildman–Crippen MR) is 104 cm³/mol. The summed E-state index contributed by atoms with van der Waals surface area (Å²) >= 11 is 0. The van der Waals surface area contributed by atoms with E-state index < -0.39 is 0 Å². The van der Waals surface area contributed by atoms with Crippen LogP contribution in [0.15, 0.2) is 47.3 Å². The van der Waals surface area contributed by atoms with Crippen molar-refractivity contribution in [2.24, 2.45) is 0 Å². The standard InChI is InChI=1S/C20H22N4O3/c1-27-16-5-2-14(3-6-16)12-19(25)24-10-8-23(9-11-24)15-4-7-17-18(13-15)22-20(26)21-17/h2-7,13H,8-12H2,1H3,(H2,21,22,26). The number of ether oxygens (including phenoxy) is 1. The minimum absolute atomic E-state index is 0.144. The van der Waals surface area contributed by atoms with E-state index in [0.717, 1.165) is 41.1 Å². The van der Waals surface area contributed by atoms with Gasteiger partial charge in [0.25, 0.3) is 0 Å². The van der Waals surface area contributed by atoms with Crippen LogP contribution in [0.3, 0.4) is 0 Å². The smallest absolute Gasteiger partial charge is 0.323 e. The highest BCUT2D eigenvalue weighted by Crippen LogP contribution is 2.21. The first-order valence-corrected chi connectivity index (χ1v) is 9.00. The van der Waals surface area contributed by atoms with Gasteiger partial charge >= 0.3 is 5.69 Å². The monoisotopic (exact) mass is 366 g/mol. The fourth-order valence-electron chi connectivity index (χ4n) is 3.46. The van der Waals surface area contributed by atoms with Crippen molar-refractivity contribution in [2.45, 2.75) is 6.42 Å². The molecule has 140 valence electrons. The molecule has 0 saturated carbocycles. The summed E-state index contributed by atoms with van der Waals surface area (Å²) in [6.07, 6.45) is 0.403. The van der Waals surface area contributed by atoms with E-state index in [1.54, 1.807) is 7.11 Å². The maximum atomic E-state index is 12.6. The normalized spacial score (nSPS) is 14.6. The molecule has 2 N–H and O–H groups in total. The van der Waals surface area contributed by atoms with Crippen LogP contribution in [-0.4, -0.2) is 54.1 Å². The van der Waals surface area contributed by atoms with Crippen LogP contribution >= 0.6 is 0 Å². The maximum absolute atomic E-state index is 12.6. The number of carbonyl (C=O) groups is 1. The van der Waals surface area contributed by atoms with Crippen LogP contribution in [0, 0.1) is 0 Å². The van der Waals surface area contributed by atoms with Gasteiger partial charge in [0.1, 0.15) is 5.75 Å². The number of aromatic nitrogens is 2. The van der Waals surface area contributed by atoms with Crippen molar-refractivity contribution in [1.82, 2.24) is 14.9 Å². The number of methoxy groups -OCH3 is 1. The van der Waals surface area contributed by atoms with E-state index in [9.17, 15) is 9.59 Å². The third-order valence-corrected chi connectivity index (χ3v) is 5.01. The van der Waals surface area contributed by atoms with E-state index >= 15 is 0 Å². The van der Waals surface area contributed by atoms with Gasteiger partial charge in [0.15, 0.2) is 0 Å². The molecule has 1 aliphatic heterocycles. The van der Waals surface area contributed by atoms with Crippen LogP contribution in [0.1, 0.15) is 5.56 Å². The number of hydrogen-bond donors (Lipinski definition) is 2. The lowest BCUT2D eigenvalue weighted by atomic mass is 10.1. The molecule has 0 unspecified atom stereocenters. The van der Waals surface area contributed by atoms with Crippen molar-refractivity contribution in [2.75, 3.05) is 38.2 Å². The zero-order valence-electron chi connectivity index (χ0n) is 15.2. The van der Waals surface area contributed by atoms with Crippen molar-refractivity contribution in [3.8, 4) is 5.75 Å². The molecule has 0 atom stereocenters. The highest BCUT2D eigenvalue weighted by atomic mass is 16.5. The summed E-state index contributed by atoms with van der Waals surface area (Å²) in [5.41, 5.74) is 3.45. The average molecular weight is 366 g/mol. The molecule has 7 nitrogen and oxygen atoms in total. The minimum atomic E-state index is -0.198. The second-order valence-electron chi connectivity index (χ2n) is 6.70. The SMILES string of the molecule is COc1ccc(CC(=O)N2CCN(c3ccc4[nH]c(=O)[nH]c4c3)CC2)cc1. The molecule has 27 heavy (non-hydrogen) atoms. The number of aromatic amines is 2. The Balaban J connectivity index is 1.37. The number of carbonyl (C=O) groups excluding carboxylic acids is 1. The summed E-state index contributed by atoms with van der Waals surface area (Å²) in [7, 11) is 1.63.